The van der Waals surface area contributed by atoms with Gasteiger partial charge >= 0.3 is 17.9 Å². The van der Waals surface area contributed by atoms with Crippen LogP contribution in [0.4, 0.5) is 0 Å². The number of esters is 3. The van der Waals surface area contributed by atoms with Crippen LogP contribution in [0.25, 0.3) is 0 Å². The van der Waals surface area contributed by atoms with Gasteiger partial charge in [-0.05, 0) is 109 Å². The van der Waals surface area contributed by atoms with Gasteiger partial charge in [-0.2, -0.15) is 0 Å². The van der Waals surface area contributed by atoms with Crippen molar-refractivity contribution in [2.75, 3.05) is 13.2 Å². The zero-order chi connectivity index (χ0) is 58.5. The van der Waals surface area contributed by atoms with Gasteiger partial charge in [-0.15, -0.1) is 0 Å². The molecule has 0 heterocycles. The lowest BCUT2D eigenvalue weighted by Crippen LogP contribution is -2.30. The molecule has 0 amide bonds. The highest BCUT2D eigenvalue weighted by molar-refractivity contribution is 5.71. The van der Waals surface area contributed by atoms with Crippen LogP contribution in [0, 0.1) is 0 Å². The maximum absolute atomic E-state index is 12.9. The van der Waals surface area contributed by atoms with Crippen LogP contribution in [0.2, 0.25) is 0 Å². The standard InChI is InChI=1S/C75H128O6/c1-4-7-10-13-16-18-20-22-24-26-28-30-32-34-36-37-39-40-42-44-46-48-50-52-54-56-59-62-65-68-74(77)80-71-72(70-79-73(76)67-64-61-58-15-12-9-6-3)81-75(78)69-66-63-60-57-55-53-51-49-47-45-43-41-38-35-33-31-29-27-25-23-21-19-17-14-11-8-5-2/h7,10,16,18,22,24,27-30,34,36,39-40,44,46,50,52,72H,4-6,8-9,11-15,17,19-21,23,25-26,31-33,35,37-38,41-43,45,47-49,51,53-71H2,1-3H3/b10-7-,18-16-,24-22-,29-27-,30-28-,36-34-,40-39-,46-44-,52-50-. The van der Waals surface area contributed by atoms with E-state index in [0.717, 1.165) is 122 Å². The van der Waals surface area contributed by atoms with Crippen LogP contribution in [-0.4, -0.2) is 37.2 Å². The number of allylic oxidation sites excluding steroid dienone is 18. The Hall–Kier alpha value is -3.93. The van der Waals surface area contributed by atoms with E-state index in [2.05, 4.69) is 130 Å². The largest absolute Gasteiger partial charge is 0.462 e. The van der Waals surface area contributed by atoms with Crippen molar-refractivity contribution in [2.45, 2.75) is 335 Å². The summed E-state index contributed by atoms with van der Waals surface area (Å²) in [7, 11) is 0. The molecule has 0 aliphatic heterocycles. The lowest BCUT2D eigenvalue weighted by molar-refractivity contribution is -0.167. The van der Waals surface area contributed by atoms with E-state index in [1.54, 1.807) is 0 Å². The van der Waals surface area contributed by atoms with Crippen LogP contribution < -0.4 is 0 Å². The topological polar surface area (TPSA) is 78.9 Å². The van der Waals surface area contributed by atoms with Gasteiger partial charge in [0.05, 0.1) is 0 Å². The second-order valence-electron chi connectivity index (χ2n) is 22.7. The van der Waals surface area contributed by atoms with E-state index in [1.165, 1.54) is 167 Å². The molecule has 0 fully saturated rings. The number of unbranched alkanes of at least 4 members (excludes halogenated alkanes) is 33. The van der Waals surface area contributed by atoms with E-state index < -0.39 is 6.10 Å². The summed E-state index contributed by atoms with van der Waals surface area (Å²) >= 11 is 0. The Balaban J connectivity index is 4.16. The molecule has 6 heteroatoms. The molecule has 6 nitrogen and oxygen atoms in total. The van der Waals surface area contributed by atoms with Crippen molar-refractivity contribution < 1.29 is 28.6 Å². The Morgan fingerprint density at radius 2 is 0.481 bits per heavy atom. The third-order valence-electron chi connectivity index (χ3n) is 14.8. The molecule has 464 valence electrons. The minimum absolute atomic E-state index is 0.0846. The van der Waals surface area contributed by atoms with Crippen LogP contribution in [0.15, 0.2) is 109 Å². The van der Waals surface area contributed by atoms with E-state index in [9.17, 15) is 14.4 Å². The molecule has 0 saturated heterocycles. The number of carbonyl (C=O) groups is 3. The Bertz CT molecular complexity index is 1620. The van der Waals surface area contributed by atoms with Crippen molar-refractivity contribution >= 4 is 17.9 Å². The molecule has 0 aliphatic carbocycles. The summed E-state index contributed by atoms with van der Waals surface area (Å²) in [4.78, 5) is 38.2. The molecule has 0 rings (SSSR count). The van der Waals surface area contributed by atoms with Crippen LogP contribution in [0.3, 0.4) is 0 Å². The first kappa shape index (κ1) is 77.1. The second-order valence-corrected chi connectivity index (χ2v) is 22.7. The minimum atomic E-state index is -0.788. The molecule has 1 unspecified atom stereocenters. The van der Waals surface area contributed by atoms with E-state index >= 15 is 0 Å². The maximum Gasteiger partial charge on any atom is 0.306 e. The zero-order valence-electron chi connectivity index (χ0n) is 53.3. The molecule has 0 aromatic carbocycles. The quantitative estimate of drug-likeness (QED) is 0.0261. The fourth-order valence-corrected chi connectivity index (χ4v) is 9.63. The monoisotopic (exact) mass is 1120 g/mol. The zero-order valence-corrected chi connectivity index (χ0v) is 53.3. The summed E-state index contributed by atoms with van der Waals surface area (Å²) in [6, 6.07) is 0. The SMILES string of the molecule is CC/C=C\C/C=C\C/C=C\C/C=C\C/C=C\C/C=C\C/C=C\C/C=C\CCCCCCC(=O)OCC(COC(=O)CCCCCCCCC)OC(=O)CCCCCCCCCCCCCCCCC/C=C\CCCCCCCCCC. The third-order valence-corrected chi connectivity index (χ3v) is 14.8. The van der Waals surface area contributed by atoms with Gasteiger partial charge in [0.15, 0.2) is 6.10 Å². The summed E-state index contributed by atoms with van der Waals surface area (Å²) in [6.07, 6.45) is 94.2. The van der Waals surface area contributed by atoms with Crippen LogP contribution in [0.5, 0.6) is 0 Å². The average molecular weight is 1130 g/mol. The molecule has 0 radical (unpaired) electrons. The van der Waals surface area contributed by atoms with Gasteiger partial charge in [-0.25, -0.2) is 0 Å². The number of hydrogen-bond acceptors (Lipinski definition) is 6. The highest BCUT2D eigenvalue weighted by Gasteiger charge is 2.19. The van der Waals surface area contributed by atoms with Crippen molar-refractivity contribution in [1.82, 2.24) is 0 Å². The van der Waals surface area contributed by atoms with Crippen LogP contribution in [0.1, 0.15) is 329 Å². The predicted octanol–water partition coefficient (Wildman–Crippen LogP) is 23.8. The molecule has 0 bridgehead atoms. The van der Waals surface area contributed by atoms with E-state index in [0.29, 0.717) is 19.3 Å². The van der Waals surface area contributed by atoms with Crippen molar-refractivity contribution in [3.63, 3.8) is 0 Å². The fraction of sp³-hybridized carbons (Fsp3) is 0.720. The molecular weight excluding hydrogens is 997 g/mol. The molecule has 81 heavy (non-hydrogen) atoms. The highest BCUT2D eigenvalue weighted by atomic mass is 16.6. The molecule has 1 atom stereocenters. The number of hydrogen-bond donors (Lipinski definition) is 0. The minimum Gasteiger partial charge on any atom is -0.462 e. The Labute approximate surface area is 501 Å². The second kappa shape index (κ2) is 68.6. The summed E-state index contributed by atoms with van der Waals surface area (Å²) in [5.41, 5.74) is 0. The highest BCUT2D eigenvalue weighted by Crippen LogP contribution is 2.17. The normalized spacial score (nSPS) is 12.8. The van der Waals surface area contributed by atoms with Crippen LogP contribution in [-0.2, 0) is 28.6 Å². The Morgan fingerprint density at radius 3 is 0.765 bits per heavy atom. The van der Waals surface area contributed by atoms with Gasteiger partial charge in [0.2, 0.25) is 0 Å². The molecule has 0 aliphatic rings. The van der Waals surface area contributed by atoms with Crippen molar-refractivity contribution in [1.29, 1.82) is 0 Å². The van der Waals surface area contributed by atoms with Gasteiger partial charge in [0.1, 0.15) is 13.2 Å². The first-order chi connectivity index (χ1) is 40.0. The maximum atomic E-state index is 12.9. The summed E-state index contributed by atoms with van der Waals surface area (Å²) in [5, 5.41) is 0. The Morgan fingerprint density at radius 1 is 0.259 bits per heavy atom. The van der Waals surface area contributed by atoms with Gasteiger partial charge in [0, 0.05) is 19.3 Å². The van der Waals surface area contributed by atoms with Gasteiger partial charge in [0.25, 0.3) is 0 Å². The van der Waals surface area contributed by atoms with E-state index in [-0.39, 0.29) is 31.1 Å². The average Bonchev–Trinajstić information content (AvgIpc) is 3.47. The first-order valence-electron chi connectivity index (χ1n) is 34.4. The predicted molar refractivity (Wildman–Crippen MR) is 353 cm³/mol. The number of carbonyl (C=O) groups excluding carboxylic acids is 3. The first-order valence-corrected chi connectivity index (χ1v) is 34.4. The molecule has 0 aromatic heterocycles. The fourth-order valence-electron chi connectivity index (χ4n) is 9.63. The van der Waals surface area contributed by atoms with Crippen molar-refractivity contribution in [3.8, 4) is 0 Å². The van der Waals surface area contributed by atoms with Crippen LogP contribution >= 0.6 is 0 Å². The number of rotatable bonds is 62. The molecule has 0 spiro atoms. The molecule has 0 saturated carbocycles. The van der Waals surface area contributed by atoms with Crippen molar-refractivity contribution in [3.05, 3.63) is 109 Å². The van der Waals surface area contributed by atoms with E-state index in [4.69, 9.17) is 14.2 Å². The summed E-state index contributed by atoms with van der Waals surface area (Å²) in [6.45, 7) is 6.49. The van der Waals surface area contributed by atoms with Gasteiger partial charge in [-0.1, -0.05) is 310 Å². The lowest BCUT2D eigenvalue weighted by Gasteiger charge is -2.18. The number of ether oxygens (including phenoxy) is 3. The van der Waals surface area contributed by atoms with Crippen molar-refractivity contribution in [2.24, 2.45) is 0 Å². The van der Waals surface area contributed by atoms with E-state index in [1.807, 2.05) is 0 Å². The molecule has 0 aromatic rings. The third kappa shape index (κ3) is 66.8. The lowest BCUT2D eigenvalue weighted by atomic mass is 10.0. The molecular formula is C75H128O6. The summed E-state index contributed by atoms with van der Waals surface area (Å²) < 4.78 is 16.8. The molecule has 0 N–H and O–H groups in total. The summed E-state index contributed by atoms with van der Waals surface area (Å²) in [5.74, 6) is -0.908. The smallest absolute Gasteiger partial charge is 0.306 e. The van der Waals surface area contributed by atoms with Gasteiger partial charge in [-0.3, -0.25) is 14.4 Å². The van der Waals surface area contributed by atoms with Gasteiger partial charge < -0.3 is 14.2 Å². The Kier molecular flexibility index (Phi) is 65.2.